The van der Waals surface area contributed by atoms with Gasteiger partial charge in [-0.3, -0.25) is 4.98 Å². The Balaban J connectivity index is 1.81. The Morgan fingerprint density at radius 1 is 0.955 bits per heavy atom. The van der Waals surface area contributed by atoms with E-state index < -0.39 is 0 Å². The lowest BCUT2D eigenvalue weighted by molar-refractivity contribution is 0.262. The van der Waals surface area contributed by atoms with Crippen LogP contribution in [0.3, 0.4) is 0 Å². The van der Waals surface area contributed by atoms with Crippen molar-refractivity contribution in [2.24, 2.45) is 0 Å². The lowest BCUT2D eigenvalue weighted by atomic mass is 10.1. The molecule has 0 unspecified atom stereocenters. The minimum Gasteiger partial charge on any atom is -0.308 e. The number of hydrogen-bond donors (Lipinski definition) is 2. The number of hydrogen-bond acceptors (Lipinski definition) is 2. The molecule has 3 aromatic rings. The molecule has 2 aromatic carbocycles. The van der Waals surface area contributed by atoms with Crippen LogP contribution in [-0.4, -0.2) is 11.0 Å². The number of pyridine rings is 1. The van der Waals surface area contributed by atoms with Crippen molar-refractivity contribution in [2.75, 3.05) is 10.6 Å². The molecule has 1 heterocycles. The Labute approximate surface area is 129 Å². The van der Waals surface area contributed by atoms with E-state index in [1.807, 2.05) is 56.3 Å². The summed E-state index contributed by atoms with van der Waals surface area (Å²) in [6, 6.07) is 15.2. The SMILES string of the molecule is Cc1cc(C)cc(NC(=O)Nc2cccc3cccnc23)c1. The van der Waals surface area contributed by atoms with E-state index in [0.717, 1.165) is 27.7 Å². The molecule has 0 bridgehead atoms. The molecule has 4 heteroatoms. The first-order valence-electron chi connectivity index (χ1n) is 7.12. The fourth-order valence-corrected chi connectivity index (χ4v) is 2.54. The Morgan fingerprint density at radius 2 is 1.68 bits per heavy atom. The summed E-state index contributed by atoms with van der Waals surface area (Å²) < 4.78 is 0. The van der Waals surface area contributed by atoms with Crippen molar-refractivity contribution in [3.05, 3.63) is 65.9 Å². The number of carbonyl (C=O) groups excluding carboxylic acids is 1. The number of anilines is 2. The number of urea groups is 1. The van der Waals surface area contributed by atoms with E-state index >= 15 is 0 Å². The summed E-state index contributed by atoms with van der Waals surface area (Å²) in [5, 5.41) is 6.71. The van der Waals surface area contributed by atoms with Crippen LogP contribution < -0.4 is 10.6 Å². The van der Waals surface area contributed by atoms with Crippen LogP contribution in [0.2, 0.25) is 0 Å². The van der Waals surface area contributed by atoms with Crippen molar-refractivity contribution in [1.82, 2.24) is 4.98 Å². The minimum atomic E-state index is -0.275. The molecule has 22 heavy (non-hydrogen) atoms. The molecule has 110 valence electrons. The van der Waals surface area contributed by atoms with Crippen LogP contribution in [0.25, 0.3) is 10.9 Å². The monoisotopic (exact) mass is 291 g/mol. The van der Waals surface area contributed by atoms with E-state index in [2.05, 4.69) is 21.7 Å². The fraction of sp³-hybridized carbons (Fsp3) is 0.111. The Hall–Kier alpha value is -2.88. The van der Waals surface area contributed by atoms with Crippen molar-refractivity contribution in [3.8, 4) is 0 Å². The molecule has 1 aromatic heterocycles. The summed E-state index contributed by atoms with van der Waals surface area (Å²) in [7, 11) is 0. The quantitative estimate of drug-likeness (QED) is 0.730. The first kappa shape index (κ1) is 14.1. The highest BCUT2D eigenvalue weighted by Gasteiger charge is 2.07. The lowest BCUT2D eigenvalue weighted by Gasteiger charge is -2.10. The van der Waals surface area contributed by atoms with Gasteiger partial charge in [0.25, 0.3) is 0 Å². The van der Waals surface area contributed by atoms with Gasteiger partial charge in [0.2, 0.25) is 0 Å². The molecule has 0 saturated heterocycles. The number of nitrogens with one attached hydrogen (secondary N) is 2. The average molecular weight is 291 g/mol. The maximum atomic E-state index is 12.2. The maximum Gasteiger partial charge on any atom is 0.323 e. The summed E-state index contributed by atoms with van der Waals surface area (Å²) in [5.74, 6) is 0. The first-order valence-corrected chi connectivity index (χ1v) is 7.12. The molecule has 0 aliphatic carbocycles. The van der Waals surface area contributed by atoms with Crippen molar-refractivity contribution >= 4 is 28.3 Å². The van der Waals surface area contributed by atoms with E-state index in [-0.39, 0.29) is 6.03 Å². The number of nitrogens with zero attached hydrogens (tertiary/aromatic N) is 1. The third kappa shape index (κ3) is 3.06. The van der Waals surface area contributed by atoms with Gasteiger partial charge in [-0.15, -0.1) is 0 Å². The number of fused-ring (bicyclic) bond motifs is 1. The summed E-state index contributed by atoms with van der Waals surface area (Å²) in [6.45, 7) is 4.01. The highest BCUT2D eigenvalue weighted by molar-refractivity contribution is 6.05. The zero-order chi connectivity index (χ0) is 15.5. The van der Waals surface area contributed by atoms with Gasteiger partial charge in [-0.25, -0.2) is 4.79 Å². The Morgan fingerprint density at radius 3 is 2.45 bits per heavy atom. The predicted molar refractivity (Wildman–Crippen MR) is 90.3 cm³/mol. The maximum absolute atomic E-state index is 12.2. The normalized spacial score (nSPS) is 10.5. The molecule has 0 spiro atoms. The van der Waals surface area contributed by atoms with Crippen molar-refractivity contribution in [1.29, 1.82) is 0 Å². The van der Waals surface area contributed by atoms with Gasteiger partial charge in [0, 0.05) is 17.3 Å². The van der Waals surface area contributed by atoms with Crippen molar-refractivity contribution < 1.29 is 4.79 Å². The third-order valence-electron chi connectivity index (χ3n) is 3.36. The third-order valence-corrected chi connectivity index (χ3v) is 3.36. The van der Waals surface area contributed by atoms with Gasteiger partial charge in [0.05, 0.1) is 11.2 Å². The van der Waals surface area contributed by atoms with Crippen molar-refractivity contribution in [3.63, 3.8) is 0 Å². The number of aromatic nitrogens is 1. The topological polar surface area (TPSA) is 54.0 Å². The van der Waals surface area contributed by atoms with Crippen LogP contribution in [0.1, 0.15) is 11.1 Å². The van der Waals surface area contributed by atoms with Gasteiger partial charge in [-0.1, -0.05) is 24.3 Å². The van der Waals surface area contributed by atoms with Crippen molar-refractivity contribution in [2.45, 2.75) is 13.8 Å². The molecule has 2 N–H and O–H groups in total. The molecular weight excluding hydrogens is 274 g/mol. The van der Waals surface area contributed by atoms with Gasteiger partial charge in [-0.2, -0.15) is 0 Å². The van der Waals surface area contributed by atoms with Crippen LogP contribution >= 0.6 is 0 Å². The molecule has 0 saturated carbocycles. The number of carbonyl (C=O) groups is 1. The molecule has 3 rings (SSSR count). The molecular formula is C18H17N3O. The summed E-state index contributed by atoms with van der Waals surface area (Å²) in [4.78, 5) is 16.5. The van der Waals surface area contributed by atoms with Crippen LogP contribution in [0.5, 0.6) is 0 Å². The molecule has 0 radical (unpaired) electrons. The fourth-order valence-electron chi connectivity index (χ4n) is 2.54. The predicted octanol–water partition coefficient (Wildman–Crippen LogP) is 4.50. The highest BCUT2D eigenvalue weighted by atomic mass is 16.2. The van der Waals surface area contributed by atoms with E-state index in [4.69, 9.17) is 0 Å². The number of amides is 2. The molecule has 2 amide bonds. The molecule has 4 nitrogen and oxygen atoms in total. The standard InChI is InChI=1S/C18H17N3O/c1-12-9-13(2)11-15(10-12)20-18(22)21-16-7-3-5-14-6-4-8-19-17(14)16/h3-11H,1-2H3,(H2,20,21,22). The molecule has 0 aliphatic rings. The first-order chi connectivity index (χ1) is 10.6. The highest BCUT2D eigenvalue weighted by Crippen LogP contribution is 2.21. The minimum absolute atomic E-state index is 0.275. The number of rotatable bonds is 2. The zero-order valence-electron chi connectivity index (χ0n) is 12.6. The average Bonchev–Trinajstić information content (AvgIpc) is 2.46. The van der Waals surface area contributed by atoms with Crippen LogP contribution in [0, 0.1) is 13.8 Å². The Kier molecular flexibility index (Phi) is 3.74. The number of benzene rings is 2. The smallest absolute Gasteiger partial charge is 0.308 e. The summed E-state index contributed by atoms with van der Waals surface area (Å²) >= 11 is 0. The number of para-hydroxylation sites is 1. The van der Waals surface area contributed by atoms with Crippen LogP contribution in [0.15, 0.2) is 54.7 Å². The molecule has 0 aliphatic heterocycles. The van der Waals surface area contributed by atoms with E-state index in [0.29, 0.717) is 5.69 Å². The molecule has 0 atom stereocenters. The van der Waals surface area contributed by atoms with Gasteiger partial charge in [-0.05, 0) is 49.2 Å². The second-order valence-corrected chi connectivity index (χ2v) is 5.34. The van der Waals surface area contributed by atoms with Gasteiger partial charge < -0.3 is 10.6 Å². The second kappa shape index (κ2) is 5.85. The van der Waals surface area contributed by atoms with Gasteiger partial charge in [0.1, 0.15) is 0 Å². The summed E-state index contributed by atoms with van der Waals surface area (Å²) in [5.41, 5.74) is 4.48. The molecule has 0 fully saturated rings. The van der Waals surface area contributed by atoms with Crippen LogP contribution in [0.4, 0.5) is 16.2 Å². The van der Waals surface area contributed by atoms with Gasteiger partial charge >= 0.3 is 6.03 Å². The lowest BCUT2D eigenvalue weighted by Crippen LogP contribution is -2.19. The Bertz CT molecular complexity index is 817. The largest absolute Gasteiger partial charge is 0.323 e. The van der Waals surface area contributed by atoms with E-state index in [1.165, 1.54) is 0 Å². The van der Waals surface area contributed by atoms with E-state index in [1.54, 1.807) is 6.20 Å². The van der Waals surface area contributed by atoms with Gasteiger partial charge in [0.15, 0.2) is 0 Å². The zero-order valence-corrected chi connectivity index (χ0v) is 12.6. The number of aryl methyl sites for hydroxylation is 2. The summed E-state index contributed by atoms with van der Waals surface area (Å²) in [6.07, 6.45) is 1.72. The second-order valence-electron chi connectivity index (χ2n) is 5.34. The van der Waals surface area contributed by atoms with Crippen LogP contribution in [-0.2, 0) is 0 Å². The van der Waals surface area contributed by atoms with E-state index in [9.17, 15) is 4.79 Å².